The molecule has 0 radical (unpaired) electrons. The van der Waals surface area contributed by atoms with Gasteiger partial charge in [0.05, 0.1) is 11.6 Å². The topological polar surface area (TPSA) is 26.0 Å². The molecule has 0 unspecified atom stereocenters. The first-order valence-electron chi connectivity index (χ1n) is 4.92. The van der Waals surface area contributed by atoms with E-state index in [0.29, 0.717) is 17.3 Å². The molecule has 0 aliphatic heterocycles. The third-order valence-corrected chi connectivity index (χ3v) is 2.63. The van der Waals surface area contributed by atoms with Gasteiger partial charge in [0, 0.05) is 5.56 Å². The number of aromatic nitrogens is 1. The summed E-state index contributed by atoms with van der Waals surface area (Å²) >= 11 is 5.71. The highest BCUT2D eigenvalue weighted by Gasteiger charge is 2.10. The predicted molar refractivity (Wildman–Crippen MR) is 61.0 cm³/mol. The fraction of sp³-hybridized carbons (Fsp3) is 0.250. The molecule has 1 aromatic carbocycles. The van der Waals surface area contributed by atoms with Crippen molar-refractivity contribution >= 4 is 11.6 Å². The van der Waals surface area contributed by atoms with Gasteiger partial charge in [0.2, 0.25) is 5.89 Å². The van der Waals surface area contributed by atoms with Gasteiger partial charge in [-0.3, -0.25) is 0 Å². The van der Waals surface area contributed by atoms with Gasteiger partial charge < -0.3 is 4.42 Å². The van der Waals surface area contributed by atoms with Crippen molar-refractivity contribution in [2.24, 2.45) is 0 Å². The summed E-state index contributed by atoms with van der Waals surface area (Å²) in [6.45, 7) is 1.36. The van der Waals surface area contributed by atoms with Gasteiger partial charge in [-0.15, -0.1) is 11.6 Å². The molecule has 0 atom stereocenters. The molecule has 84 valence electrons. The van der Waals surface area contributed by atoms with Crippen LogP contribution in [0.4, 0.5) is 4.39 Å². The molecule has 2 nitrogen and oxygen atoms in total. The van der Waals surface area contributed by atoms with Crippen LogP contribution < -0.4 is 0 Å². The standard InChI is InChI=1S/C12H11ClFNO/c1-8-11(6-13)15-12(16-8)10-4-2-9(7-14)3-5-10/h2-5H,6-7H2,1H3. The monoisotopic (exact) mass is 239 g/mol. The van der Waals surface area contributed by atoms with Crippen molar-refractivity contribution < 1.29 is 8.81 Å². The number of oxazole rings is 1. The number of halogens is 2. The van der Waals surface area contributed by atoms with E-state index in [0.717, 1.165) is 17.0 Å². The van der Waals surface area contributed by atoms with E-state index in [1.54, 1.807) is 24.3 Å². The van der Waals surface area contributed by atoms with Crippen LogP contribution in [0.5, 0.6) is 0 Å². The van der Waals surface area contributed by atoms with Gasteiger partial charge in [-0.05, 0) is 24.6 Å². The summed E-state index contributed by atoms with van der Waals surface area (Å²) in [5.74, 6) is 1.58. The molecule has 0 fully saturated rings. The van der Waals surface area contributed by atoms with Gasteiger partial charge >= 0.3 is 0 Å². The Hall–Kier alpha value is -1.35. The Kier molecular flexibility index (Phi) is 3.25. The highest BCUT2D eigenvalue weighted by atomic mass is 35.5. The quantitative estimate of drug-likeness (QED) is 0.761. The lowest BCUT2D eigenvalue weighted by Crippen LogP contribution is -1.82. The van der Waals surface area contributed by atoms with E-state index in [2.05, 4.69) is 4.98 Å². The maximum atomic E-state index is 12.3. The van der Waals surface area contributed by atoms with Gasteiger partial charge in [0.25, 0.3) is 0 Å². The number of hydrogen-bond donors (Lipinski definition) is 0. The third-order valence-electron chi connectivity index (χ3n) is 2.37. The number of rotatable bonds is 3. The predicted octanol–water partition coefficient (Wildman–Crippen LogP) is 3.86. The summed E-state index contributed by atoms with van der Waals surface area (Å²) in [6, 6.07) is 7.01. The summed E-state index contributed by atoms with van der Waals surface area (Å²) in [5, 5.41) is 0. The number of hydrogen-bond acceptors (Lipinski definition) is 2. The first-order valence-corrected chi connectivity index (χ1v) is 5.45. The zero-order chi connectivity index (χ0) is 11.5. The average molecular weight is 240 g/mol. The minimum atomic E-state index is -0.460. The Balaban J connectivity index is 2.34. The van der Waals surface area contributed by atoms with Crippen molar-refractivity contribution in [2.45, 2.75) is 19.5 Å². The van der Waals surface area contributed by atoms with Crippen molar-refractivity contribution in [1.82, 2.24) is 4.98 Å². The van der Waals surface area contributed by atoms with Gasteiger partial charge in [0.15, 0.2) is 0 Å². The van der Waals surface area contributed by atoms with E-state index in [1.165, 1.54) is 0 Å². The Labute approximate surface area is 98.1 Å². The van der Waals surface area contributed by atoms with Crippen LogP contribution in [0.3, 0.4) is 0 Å². The molecule has 0 bridgehead atoms. The Bertz CT molecular complexity index is 478. The van der Waals surface area contributed by atoms with E-state index < -0.39 is 6.67 Å². The molecule has 0 N–H and O–H groups in total. The van der Waals surface area contributed by atoms with Crippen molar-refractivity contribution in [2.75, 3.05) is 0 Å². The number of aryl methyl sites for hydroxylation is 1. The van der Waals surface area contributed by atoms with Crippen LogP contribution in [0, 0.1) is 6.92 Å². The van der Waals surface area contributed by atoms with Crippen molar-refractivity contribution in [3.05, 3.63) is 41.3 Å². The van der Waals surface area contributed by atoms with E-state index in [9.17, 15) is 4.39 Å². The second-order valence-corrected chi connectivity index (χ2v) is 3.75. The van der Waals surface area contributed by atoms with Gasteiger partial charge in [-0.2, -0.15) is 0 Å². The molecule has 0 saturated carbocycles. The Morgan fingerprint density at radius 3 is 2.50 bits per heavy atom. The molecule has 0 spiro atoms. The number of alkyl halides is 2. The Morgan fingerprint density at radius 1 is 1.31 bits per heavy atom. The zero-order valence-electron chi connectivity index (χ0n) is 8.84. The SMILES string of the molecule is Cc1oc(-c2ccc(CF)cc2)nc1CCl. The molecule has 2 rings (SSSR count). The minimum absolute atomic E-state index is 0.331. The lowest BCUT2D eigenvalue weighted by Gasteiger charge is -1.96. The largest absolute Gasteiger partial charge is 0.441 e. The maximum absolute atomic E-state index is 12.3. The average Bonchev–Trinajstić information content (AvgIpc) is 2.71. The number of benzene rings is 1. The highest BCUT2D eigenvalue weighted by molar-refractivity contribution is 6.16. The van der Waals surface area contributed by atoms with Crippen LogP contribution in [0.25, 0.3) is 11.5 Å². The van der Waals surface area contributed by atoms with E-state index in [1.807, 2.05) is 6.92 Å². The molecule has 4 heteroatoms. The molecular weight excluding hydrogens is 229 g/mol. The van der Waals surface area contributed by atoms with Crippen LogP contribution in [-0.4, -0.2) is 4.98 Å². The van der Waals surface area contributed by atoms with Crippen LogP contribution in [-0.2, 0) is 12.6 Å². The molecule has 1 aromatic heterocycles. The smallest absolute Gasteiger partial charge is 0.226 e. The molecule has 0 aliphatic carbocycles. The van der Waals surface area contributed by atoms with Crippen LogP contribution in [0.1, 0.15) is 17.0 Å². The Morgan fingerprint density at radius 2 is 2.00 bits per heavy atom. The van der Waals surface area contributed by atoms with Gasteiger partial charge in [0.1, 0.15) is 12.4 Å². The summed E-state index contributed by atoms with van der Waals surface area (Å²) in [4.78, 5) is 4.26. The number of nitrogens with zero attached hydrogens (tertiary/aromatic N) is 1. The van der Waals surface area contributed by atoms with Crippen LogP contribution in [0.15, 0.2) is 28.7 Å². The van der Waals surface area contributed by atoms with Crippen LogP contribution >= 0.6 is 11.6 Å². The summed E-state index contributed by atoms with van der Waals surface area (Å²) in [5.41, 5.74) is 2.22. The minimum Gasteiger partial charge on any atom is -0.441 e. The van der Waals surface area contributed by atoms with Crippen molar-refractivity contribution in [1.29, 1.82) is 0 Å². The third kappa shape index (κ3) is 2.09. The molecule has 0 aliphatic rings. The first-order chi connectivity index (χ1) is 7.74. The second-order valence-electron chi connectivity index (χ2n) is 3.49. The summed E-state index contributed by atoms with van der Waals surface area (Å²) in [7, 11) is 0. The molecule has 16 heavy (non-hydrogen) atoms. The lowest BCUT2D eigenvalue weighted by atomic mass is 10.1. The molecular formula is C12H11ClFNO. The first kappa shape index (κ1) is 11.1. The molecule has 0 saturated heterocycles. The maximum Gasteiger partial charge on any atom is 0.226 e. The summed E-state index contributed by atoms with van der Waals surface area (Å²) < 4.78 is 17.8. The molecule has 1 heterocycles. The second kappa shape index (κ2) is 4.66. The van der Waals surface area contributed by atoms with Gasteiger partial charge in [-0.25, -0.2) is 9.37 Å². The fourth-order valence-electron chi connectivity index (χ4n) is 1.41. The van der Waals surface area contributed by atoms with Crippen LogP contribution in [0.2, 0.25) is 0 Å². The van der Waals surface area contributed by atoms with Gasteiger partial charge in [-0.1, -0.05) is 12.1 Å². The zero-order valence-corrected chi connectivity index (χ0v) is 9.59. The summed E-state index contributed by atoms with van der Waals surface area (Å²) in [6.07, 6.45) is 0. The fourth-order valence-corrected chi connectivity index (χ4v) is 1.66. The highest BCUT2D eigenvalue weighted by Crippen LogP contribution is 2.23. The van der Waals surface area contributed by atoms with Crippen molar-refractivity contribution in [3.8, 4) is 11.5 Å². The normalized spacial score (nSPS) is 10.7. The van der Waals surface area contributed by atoms with E-state index in [4.69, 9.17) is 16.0 Å². The van der Waals surface area contributed by atoms with Crippen molar-refractivity contribution in [3.63, 3.8) is 0 Å². The van der Waals surface area contributed by atoms with E-state index in [-0.39, 0.29) is 0 Å². The lowest BCUT2D eigenvalue weighted by molar-refractivity contribution is 0.485. The van der Waals surface area contributed by atoms with E-state index >= 15 is 0 Å². The molecule has 2 aromatic rings. The molecule has 0 amide bonds.